The number of aliphatic hydroxyl groups excluding tert-OH is 1. The van der Waals surface area contributed by atoms with Gasteiger partial charge in [-0.05, 0) is 73.7 Å². The Kier molecular flexibility index (Phi) is 10.4. The summed E-state index contributed by atoms with van der Waals surface area (Å²) >= 11 is 0. The summed E-state index contributed by atoms with van der Waals surface area (Å²) in [7, 11) is -1.02. The molecule has 3 N–H and O–H groups in total. The van der Waals surface area contributed by atoms with Crippen LogP contribution >= 0.6 is 0 Å². The van der Waals surface area contributed by atoms with Crippen molar-refractivity contribution in [2.75, 3.05) is 44.5 Å². The monoisotopic (exact) mass is 628 g/mol. The van der Waals surface area contributed by atoms with E-state index < -0.39 is 34.0 Å². The van der Waals surface area contributed by atoms with E-state index in [1.54, 1.807) is 61.4 Å². The summed E-state index contributed by atoms with van der Waals surface area (Å²) in [6, 6.07) is 15.3. The number of carbonyl (C=O) groups is 2. The molecule has 236 valence electrons. The molecule has 0 saturated carbocycles. The molecule has 0 unspecified atom stereocenters. The number of anilines is 2. The molecule has 3 amide bonds. The van der Waals surface area contributed by atoms with Gasteiger partial charge in [0.15, 0.2) is 0 Å². The number of amides is 3. The Hall–Kier alpha value is -4.20. The summed E-state index contributed by atoms with van der Waals surface area (Å²) in [6.07, 6.45) is -0.774. The van der Waals surface area contributed by atoms with E-state index >= 15 is 0 Å². The first-order chi connectivity index (χ1) is 20.9. The highest BCUT2D eigenvalue weighted by Crippen LogP contribution is 2.30. The van der Waals surface area contributed by atoms with Gasteiger partial charge in [0.05, 0.1) is 37.6 Å². The van der Waals surface area contributed by atoms with Crippen molar-refractivity contribution in [1.82, 2.24) is 9.21 Å². The summed E-state index contributed by atoms with van der Waals surface area (Å²) < 4.78 is 52.6. The fourth-order valence-electron chi connectivity index (χ4n) is 4.83. The predicted octanol–water partition coefficient (Wildman–Crippen LogP) is 3.95. The van der Waals surface area contributed by atoms with Crippen molar-refractivity contribution in [2.24, 2.45) is 5.92 Å². The van der Waals surface area contributed by atoms with E-state index in [0.29, 0.717) is 28.4 Å². The van der Waals surface area contributed by atoms with Crippen LogP contribution < -0.4 is 20.1 Å². The molecule has 0 radical (unpaired) electrons. The lowest BCUT2D eigenvalue weighted by atomic mass is 10.0. The number of ether oxygens (including phenoxy) is 2. The predicted molar refractivity (Wildman–Crippen MR) is 164 cm³/mol. The van der Waals surface area contributed by atoms with Crippen molar-refractivity contribution in [1.29, 1.82) is 0 Å². The number of benzene rings is 3. The van der Waals surface area contributed by atoms with E-state index in [1.165, 1.54) is 19.2 Å². The van der Waals surface area contributed by atoms with Gasteiger partial charge in [-0.3, -0.25) is 4.79 Å². The van der Waals surface area contributed by atoms with Gasteiger partial charge < -0.3 is 30.1 Å². The largest absolute Gasteiger partial charge is 0.497 e. The quantitative estimate of drug-likeness (QED) is 0.326. The molecule has 0 aromatic heterocycles. The first-order valence-electron chi connectivity index (χ1n) is 14.0. The van der Waals surface area contributed by atoms with E-state index in [4.69, 9.17) is 9.47 Å². The van der Waals surface area contributed by atoms with Gasteiger partial charge >= 0.3 is 6.03 Å². The third-order valence-corrected chi connectivity index (χ3v) is 9.32. The molecule has 3 aromatic rings. The van der Waals surface area contributed by atoms with Gasteiger partial charge in [0.2, 0.25) is 15.9 Å². The highest BCUT2D eigenvalue weighted by Gasteiger charge is 2.33. The zero-order chi connectivity index (χ0) is 32.0. The first-order valence-corrected chi connectivity index (χ1v) is 15.5. The first kappa shape index (κ1) is 32.7. The number of sulfonamides is 1. The Labute approximate surface area is 256 Å². The highest BCUT2D eigenvalue weighted by molar-refractivity contribution is 7.89. The fourth-order valence-corrected chi connectivity index (χ4v) is 6.01. The lowest BCUT2D eigenvalue weighted by Gasteiger charge is -2.33. The average molecular weight is 629 g/mol. The van der Waals surface area contributed by atoms with Gasteiger partial charge in [0.1, 0.15) is 23.4 Å². The minimum Gasteiger partial charge on any atom is -0.497 e. The summed E-state index contributed by atoms with van der Waals surface area (Å²) in [5.41, 5.74) is 1.44. The fraction of sp³-hybridized carbons (Fsp3) is 0.355. The van der Waals surface area contributed by atoms with E-state index in [2.05, 4.69) is 10.6 Å². The molecule has 3 aromatic carbocycles. The number of hydrogen-bond donors (Lipinski definition) is 3. The Balaban J connectivity index is 1.60. The van der Waals surface area contributed by atoms with Crippen LogP contribution in [-0.2, 0) is 21.2 Å². The molecule has 1 heterocycles. The minimum atomic E-state index is -3.98. The number of carbonyl (C=O) groups excluding carboxylic acids is 2. The lowest BCUT2D eigenvalue weighted by molar-refractivity contribution is -0.134. The summed E-state index contributed by atoms with van der Waals surface area (Å²) in [5, 5.41) is 15.4. The van der Waals surface area contributed by atoms with Crippen LogP contribution in [0.4, 0.5) is 20.6 Å². The SMILES string of the molecule is COc1ccc(NC(=O)Nc2ccc3c(c2)CC(=O)N([C@@H](C)CO)C[C@@H](C)[C@@H](CN(C)S(=O)(=O)c2ccc(F)cc2)O3)cc1. The number of fused-ring (bicyclic) bond motifs is 1. The number of halogens is 1. The molecule has 3 atom stereocenters. The van der Waals surface area contributed by atoms with Crippen LogP contribution in [0.5, 0.6) is 11.5 Å². The summed E-state index contributed by atoms with van der Waals surface area (Å²) in [4.78, 5) is 27.7. The highest BCUT2D eigenvalue weighted by atomic mass is 32.2. The third-order valence-electron chi connectivity index (χ3n) is 7.48. The van der Waals surface area contributed by atoms with E-state index in [0.717, 1.165) is 16.4 Å². The van der Waals surface area contributed by atoms with Crippen LogP contribution in [0.2, 0.25) is 0 Å². The van der Waals surface area contributed by atoms with Crippen molar-refractivity contribution < 1.29 is 37.0 Å². The Morgan fingerprint density at radius 3 is 2.39 bits per heavy atom. The van der Waals surface area contributed by atoms with Crippen molar-refractivity contribution in [3.05, 3.63) is 78.1 Å². The van der Waals surface area contributed by atoms with Crippen LogP contribution in [0.1, 0.15) is 19.4 Å². The number of likely N-dealkylation sites (N-methyl/N-ethyl adjacent to an activating group) is 1. The summed E-state index contributed by atoms with van der Waals surface area (Å²) in [5.74, 6) is -0.142. The second-order valence-electron chi connectivity index (χ2n) is 10.8. The average Bonchev–Trinajstić information content (AvgIpc) is 3.04. The molecule has 4 rings (SSSR count). The molecule has 1 aliphatic rings. The van der Waals surface area contributed by atoms with Crippen molar-refractivity contribution >= 4 is 33.3 Å². The minimum absolute atomic E-state index is 0.0631. The van der Waals surface area contributed by atoms with Crippen molar-refractivity contribution in [2.45, 2.75) is 37.3 Å². The second-order valence-corrected chi connectivity index (χ2v) is 12.8. The molecule has 44 heavy (non-hydrogen) atoms. The van der Waals surface area contributed by atoms with E-state index in [-0.39, 0.29) is 42.8 Å². The third kappa shape index (κ3) is 7.84. The van der Waals surface area contributed by atoms with Gasteiger partial charge in [-0.25, -0.2) is 17.6 Å². The topological polar surface area (TPSA) is 138 Å². The van der Waals surface area contributed by atoms with Crippen LogP contribution in [0.25, 0.3) is 0 Å². The van der Waals surface area contributed by atoms with E-state index in [9.17, 15) is 27.5 Å². The lowest BCUT2D eigenvalue weighted by Crippen LogP contribution is -2.48. The smallest absolute Gasteiger partial charge is 0.323 e. The van der Waals surface area contributed by atoms with Crippen LogP contribution in [0.3, 0.4) is 0 Å². The molecular formula is C31H37FN4O7S. The number of urea groups is 1. The maximum atomic E-state index is 13.5. The Morgan fingerprint density at radius 2 is 1.75 bits per heavy atom. The van der Waals surface area contributed by atoms with Crippen LogP contribution in [0.15, 0.2) is 71.6 Å². The molecular weight excluding hydrogens is 591 g/mol. The van der Waals surface area contributed by atoms with Gasteiger partial charge in [-0.15, -0.1) is 0 Å². The van der Waals surface area contributed by atoms with Gasteiger partial charge in [-0.2, -0.15) is 4.31 Å². The normalized spacial score (nSPS) is 17.9. The number of rotatable bonds is 9. The Morgan fingerprint density at radius 1 is 1.11 bits per heavy atom. The number of hydrogen-bond acceptors (Lipinski definition) is 7. The van der Waals surface area contributed by atoms with Crippen molar-refractivity contribution in [3.63, 3.8) is 0 Å². The zero-order valence-corrected chi connectivity index (χ0v) is 25.8. The summed E-state index contributed by atoms with van der Waals surface area (Å²) in [6.45, 7) is 3.45. The number of aliphatic hydroxyl groups is 1. The van der Waals surface area contributed by atoms with Crippen molar-refractivity contribution in [3.8, 4) is 11.5 Å². The number of nitrogens with one attached hydrogen (secondary N) is 2. The van der Waals surface area contributed by atoms with Crippen LogP contribution in [0, 0.1) is 11.7 Å². The molecule has 0 bridgehead atoms. The molecule has 0 aliphatic carbocycles. The number of nitrogens with zero attached hydrogens (tertiary/aromatic N) is 2. The molecule has 0 spiro atoms. The molecule has 0 fully saturated rings. The number of methoxy groups -OCH3 is 1. The molecule has 11 nitrogen and oxygen atoms in total. The Bertz CT molecular complexity index is 1570. The van der Waals surface area contributed by atoms with Gasteiger partial charge in [-0.1, -0.05) is 6.92 Å². The zero-order valence-electron chi connectivity index (χ0n) is 25.0. The maximum Gasteiger partial charge on any atom is 0.323 e. The molecule has 0 saturated heterocycles. The van der Waals surface area contributed by atoms with Gasteiger partial charge in [0.25, 0.3) is 0 Å². The van der Waals surface area contributed by atoms with E-state index in [1.807, 2.05) is 6.92 Å². The van der Waals surface area contributed by atoms with Crippen LogP contribution in [-0.4, -0.2) is 80.7 Å². The second kappa shape index (κ2) is 14.1. The maximum absolute atomic E-state index is 13.5. The molecule has 1 aliphatic heterocycles. The van der Waals surface area contributed by atoms with Gasteiger partial charge in [0, 0.05) is 36.4 Å². The standard InChI is InChI=1S/C31H37FN4O7S/c1-20-17-36(21(2)19-37)30(38)16-22-15-25(34-31(39)33-24-7-10-26(42-4)11-8-24)9-14-28(22)43-29(20)18-35(3)44(40,41)27-12-5-23(32)6-13-27/h5-15,20-21,29,37H,16-19H2,1-4H3,(H2,33,34,39)/t20-,21+,29-/m1/s1. The molecule has 13 heteroatoms.